The molecule has 0 N–H and O–H groups in total. The molecule has 0 fully saturated rings. The Morgan fingerprint density at radius 1 is 1.22 bits per heavy atom. The fourth-order valence-electron chi connectivity index (χ4n) is 1.24. The molecule has 0 bridgehead atoms. The van der Waals surface area contributed by atoms with E-state index >= 15 is 0 Å². The Hall–Kier alpha value is -1.40. The normalized spacial score (nSPS) is 11.2. The lowest BCUT2D eigenvalue weighted by Crippen LogP contribution is -2.12. The predicted octanol–water partition coefficient (Wildman–Crippen LogP) is 1.65. The van der Waals surface area contributed by atoms with E-state index in [9.17, 15) is 13.2 Å². The van der Waals surface area contributed by atoms with Gasteiger partial charge in [0.25, 0.3) is 10.1 Å². The standard InChI is InChI=1S/C12H16O5S/c1-3-16-12(13)8-9-17-18(14,15)11-6-4-10(2)5-7-11/h4-7H,3,8-9H2,1-2H3. The first-order valence-electron chi connectivity index (χ1n) is 5.57. The number of ether oxygens (including phenoxy) is 1. The number of carbonyl (C=O) groups is 1. The SMILES string of the molecule is CCOC(=O)CCOS(=O)(=O)c1ccc(C)cc1. The minimum Gasteiger partial charge on any atom is -0.466 e. The molecule has 0 amide bonds. The molecule has 0 heterocycles. The van der Waals surface area contributed by atoms with E-state index < -0.39 is 16.1 Å². The van der Waals surface area contributed by atoms with Crippen molar-refractivity contribution in [1.29, 1.82) is 0 Å². The van der Waals surface area contributed by atoms with Crippen molar-refractivity contribution in [3.05, 3.63) is 29.8 Å². The molecule has 6 heteroatoms. The third-order valence-electron chi connectivity index (χ3n) is 2.16. The number of esters is 1. The van der Waals surface area contributed by atoms with Crippen LogP contribution in [0.5, 0.6) is 0 Å². The van der Waals surface area contributed by atoms with Crippen LogP contribution in [0.4, 0.5) is 0 Å². The average Bonchev–Trinajstić information content (AvgIpc) is 2.29. The molecule has 0 saturated heterocycles. The van der Waals surface area contributed by atoms with Crippen LogP contribution in [0.25, 0.3) is 0 Å². The number of hydrogen-bond donors (Lipinski definition) is 0. The van der Waals surface area contributed by atoms with E-state index in [0.29, 0.717) is 0 Å². The molecular formula is C12H16O5S. The smallest absolute Gasteiger partial charge is 0.308 e. The van der Waals surface area contributed by atoms with Gasteiger partial charge in [0.1, 0.15) is 0 Å². The van der Waals surface area contributed by atoms with Crippen LogP contribution in [0.3, 0.4) is 0 Å². The summed E-state index contributed by atoms with van der Waals surface area (Å²) in [7, 11) is -3.80. The summed E-state index contributed by atoms with van der Waals surface area (Å²) in [4.78, 5) is 11.1. The van der Waals surface area contributed by atoms with Crippen molar-refractivity contribution >= 4 is 16.1 Å². The summed E-state index contributed by atoms with van der Waals surface area (Å²) < 4.78 is 32.8. The zero-order valence-electron chi connectivity index (χ0n) is 10.4. The second-order valence-corrected chi connectivity index (χ2v) is 5.26. The van der Waals surface area contributed by atoms with Gasteiger partial charge < -0.3 is 4.74 Å². The fourth-order valence-corrected chi connectivity index (χ4v) is 2.15. The fraction of sp³-hybridized carbons (Fsp3) is 0.417. The Kier molecular flexibility index (Phi) is 5.30. The van der Waals surface area contributed by atoms with Gasteiger partial charge in [0.05, 0.1) is 24.5 Å². The van der Waals surface area contributed by atoms with Crippen molar-refractivity contribution in [3.63, 3.8) is 0 Å². The van der Waals surface area contributed by atoms with E-state index in [1.807, 2.05) is 6.92 Å². The molecule has 0 aliphatic rings. The molecular weight excluding hydrogens is 256 g/mol. The summed E-state index contributed by atoms with van der Waals surface area (Å²) in [5, 5.41) is 0. The van der Waals surface area contributed by atoms with Crippen LogP contribution >= 0.6 is 0 Å². The number of aryl methyl sites for hydroxylation is 1. The topological polar surface area (TPSA) is 69.7 Å². The first-order valence-corrected chi connectivity index (χ1v) is 6.98. The second kappa shape index (κ2) is 6.51. The number of hydrogen-bond acceptors (Lipinski definition) is 5. The van der Waals surface area contributed by atoms with Gasteiger partial charge in [-0.25, -0.2) is 0 Å². The van der Waals surface area contributed by atoms with E-state index in [1.165, 1.54) is 12.1 Å². The number of rotatable bonds is 6. The van der Waals surface area contributed by atoms with Crippen LogP contribution in [0.15, 0.2) is 29.2 Å². The van der Waals surface area contributed by atoms with Crippen LogP contribution in [-0.4, -0.2) is 27.6 Å². The van der Waals surface area contributed by atoms with Crippen molar-refractivity contribution in [2.75, 3.05) is 13.2 Å². The Morgan fingerprint density at radius 2 is 1.83 bits per heavy atom. The summed E-state index contributed by atoms with van der Waals surface area (Å²) >= 11 is 0. The van der Waals surface area contributed by atoms with Crippen LogP contribution in [0.2, 0.25) is 0 Å². The highest BCUT2D eigenvalue weighted by Gasteiger charge is 2.15. The zero-order valence-corrected chi connectivity index (χ0v) is 11.2. The lowest BCUT2D eigenvalue weighted by atomic mass is 10.2. The first kappa shape index (κ1) is 14.7. The molecule has 18 heavy (non-hydrogen) atoms. The van der Waals surface area contributed by atoms with E-state index in [0.717, 1.165) is 5.56 Å². The maximum atomic E-state index is 11.7. The maximum Gasteiger partial charge on any atom is 0.308 e. The molecule has 0 aliphatic heterocycles. The molecule has 1 aromatic rings. The molecule has 100 valence electrons. The highest BCUT2D eigenvalue weighted by molar-refractivity contribution is 7.86. The van der Waals surface area contributed by atoms with E-state index in [4.69, 9.17) is 4.18 Å². The van der Waals surface area contributed by atoms with Gasteiger partial charge in [0.2, 0.25) is 0 Å². The monoisotopic (exact) mass is 272 g/mol. The Morgan fingerprint density at radius 3 is 2.39 bits per heavy atom. The van der Waals surface area contributed by atoms with E-state index in [1.54, 1.807) is 19.1 Å². The van der Waals surface area contributed by atoms with Crippen LogP contribution < -0.4 is 0 Å². The van der Waals surface area contributed by atoms with Gasteiger partial charge in [-0.1, -0.05) is 17.7 Å². The Labute approximate surface area is 107 Å². The van der Waals surface area contributed by atoms with Crippen molar-refractivity contribution in [2.24, 2.45) is 0 Å². The summed E-state index contributed by atoms with van der Waals surface area (Å²) in [5.74, 6) is -0.475. The molecule has 1 aromatic carbocycles. The lowest BCUT2D eigenvalue weighted by Gasteiger charge is -2.05. The summed E-state index contributed by atoms with van der Waals surface area (Å²) in [6, 6.07) is 6.30. The minimum absolute atomic E-state index is 0.0805. The third kappa shape index (κ3) is 4.46. The number of benzene rings is 1. The highest BCUT2D eigenvalue weighted by atomic mass is 32.2. The van der Waals surface area contributed by atoms with Gasteiger partial charge in [0.15, 0.2) is 0 Å². The zero-order chi connectivity index (χ0) is 13.6. The molecule has 1 rings (SSSR count). The molecule has 0 aliphatic carbocycles. The Bertz CT molecular complexity index is 490. The predicted molar refractivity (Wildman–Crippen MR) is 65.6 cm³/mol. The van der Waals surface area contributed by atoms with Crippen LogP contribution in [0.1, 0.15) is 18.9 Å². The minimum atomic E-state index is -3.80. The third-order valence-corrected chi connectivity index (χ3v) is 3.49. The summed E-state index contributed by atoms with van der Waals surface area (Å²) in [6.45, 7) is 3.60. The van der Waals surface area contributed by atoms with Crippen molar-refractivity contribution < 1.29 is 22.1 Å². The van der Waals surface area contributed by atoms with Crippen molar-refractivity contribution in [1.82, 2.24) is 0 Å². The molecule has 0 unspecified atom stereocenters. The molecule has 0 aromatic heterocycles. The molecule has 0 radical (unpaired) electrons. The van der Waals surface area contributed by atoms with Gasteiger partial charge in [-0.05, 0) is 26.0 Å². The molecule has 0 spiro atoms. The quantitative estimate of drug-likeness (QED) is 0.582. The number of carbonyl (C=O) groups excluding carboxylic acids is 1. The maximum absolute atomic E-state index is 11.7. The molecule has 0 atom stereocenters. The van der Waals surface area contributed by atoms with Gasteiger partial charge in [-0.15, -0.1) is 0 Å². The highest BCUT2D eigenvalue weighted by Crippen LogP contribution is 2.13. The van der Waals surface area contributed by atoms with E-state index in [2.05, 4.69) is 4.74 Å². The van der Waals surface area contributed by atoms with Crippen LogP contribution in [0, 0.1) is 6.92 Å². The van der Waals surface area contributed by atoms with Crippen LogP contribution in [-0.2, 0) is 23.8 Å². The van der Waals surface area contributed by atoms with Gasteiger partial charge >= 0.3 is 5.97 Å². The van der Waals surface area contributed by atoms with Crippen molar-refractivity contribution in [2.45, 2.75) is 25.2 Å². The summed E-state index contributed by atoms with van der Waals surface area (Å²) in [5.41, 5.74) is 0.959. The second-order valence-electron chi connectivity index (χ2n) is 3.64. The average molecular weight is 272 g/mol. The summed E-state index contributed by atoms with van der Waals surface area (Å²) in [6.07, 6.45) is -0.0844. The van der Waals surface area contributed by atoms with Gasteiger partial charge in [-0.3, -0.25) is 8.98 Å². The Balaban J connectivity index is 2.55. The largest absolute Gasteiger partial charge is 0.466 e. The van der Waals surface area contributed by atoms with Gasteiger partial charge in [0, 0.05) is 0 Å². The molecule has 0 saturated carbocycles. The first-order chi connectivity index (χ1) is 8.45. The van der Waals surface area contributed by atoms with Gasteiger partial charge in [-0.2, -0.15) is 8.42 Å². The van der Waals surface area contributed by atoms with Crippen molar-refractivity contribution in [3.8, 4) is 0 Å². The van der Waals surface area contributed by atoms with E-state index in [-0.39, 0.29) is 24.5 Å². The lowest BCUT2D eigenvalue weighted by molar-refractivity contribution is -0.143. The molecule has 5 nitrogen and oxygen atoms in total.